The van der Waals surface area contributed by atoms with Crippen LogP contribution in [-0.4, -0.2) is 12.9 Å². The SMILES string of the molecule is COc1ccc(CCC2CC(C(C)C)CCC2=O)cc1. The van der Waals surface area contributed by atoms with Crippen molar-refractivity contribution in [2.45, 2.75) is 46.0 Å². The van der Waals surface area contributed by atoms with Gasteiger partial charge in [0, 0.05) is 12.3 Å². The largest absolute Gasteiger partial charge is 0.497 e. The van der Waals surface area contributed by atoms with Crippen molar-refractivity contribution in [1.82, 2.24) is 0 Å². The number of carbonyl (C=O) groups is 1. The zero-order valence-corrected chi connectivity index (χ0v) is 12.9. The molecule has 1 fully saturated rings. The Kier molecular flexibility index (Phi) is 5.22. The molecule has 0 aliphatic heterocycles. The van der Waals surface area contributed by atoms with Gasteiger partial charge in [0.1, 0.15) is 11.5 Å². The topological polar surface area (TPSA) is 26.3 Å². The van der Waals surface area contributed by atoms with Gasteiger partial charge < -0.3 is 4.74 Å². The highest BCUT2D eigenvalue weighted by Gasteiger charge is 2.29. The standard InChI is InChI=1S/C18H26O2/c1-13(2)15-8-11-18(19)16(12-15)7-4-14-5-9-17(20-3)10-6-14/h5-6,9-10,13,15-16H,4,7-8,11-12H2,1-3H3. The van der Waals surface area contributed by atoms with E-state index in [-0.39, 0.29) is 5.92 Å². The van der Waals surface area contributed by atoms with Crippen molar-refractivity contribution in [3.05, 3.63) is 29.8 Å². The second-order valence-corrected chi connectivity index (χ2v) is 6.33. The Bertz CT molecular complexity index is 433. The minimum absolute atomic E-state index is 0.276. The highest BCUT2D eigenvalue weighted by molar-refractivity contribution is 5.81. The third-order valence-electron chi connectivity index (χ3n) is 4.69. The first-order chi connectivity index (χ1) is 9.60. The Morgan fingerprint density at radius 1 is 1.25 bits per heavy atom. The van der Waals surface area contributed by atoms with E-state index in [9.17, 15) is 4.79 Å². The number of ether oxygens (including phenoxy) is 1. The zero-order valence-electron chi connectivity index (χ0n) is 12.9. The molecule has 0 bridgehead atoms. The summed E-state index contributed by atoms with van der Waals surface area (Å²) >= 11 is 0. The molecule has 0 saturated heterocycles. The Morgan fingerprint density at radius 3 is 2.55 bits per heavy atom. The lowest BCUT2D eigenvalue weighted by Crippen LogP contribution is -2.27. The van der Waals surface area contributed by atoms with Crippen LogP contribution in [0.5, 0.6) is 5.75 Å². The second-order valence-electron chi connectivity index (χ2n) is 6.33. The van der Waals surface area contributed by atoms with Crippen molar-refractivity contribution < 1.29 is 9.53 Å². The number of rotatable bonds is 5. The van der Waals surface area contributed by atoms with Gasteiger partial charge in [-0.25, -0.2) is 0 Å². The van der Waals surface area contributed by atoms with Gasteiger partial charge in [-0.05, 0) is 55.2 Å². The number of ketones is 1. The fourth-order valence-corrected chi connectivity index (χ4v) is 3.16. The van der Waals surface area contributed by atoms with Crippen molar-refractivity contribution >= 4 is 5.78 Å². The molecule has 1 aliphatic carbocycles. The fraction of sp³-hybridized carbons (Fsp3) is 0.611. The molecule has 0 N–H and O–H groups in total. The number of hydrogen-bond donors (Lipinski definition) is 0. The van der Waals surface area contributed by atoms with Crippen LogP contribution in [-0.2, 0) is 11.2 Å². The van der Waals surface area contributed by atoms with Crippen molar-refractivity contribution in [1.29, 1.82) is 0 Å². The van der Waals surface area contributed by atoms with E-state index in [2.05, 4.69) is 26.0 Å². The van der Waals surface area contributed by atoms with Crippen LogP contribution in [0.1, 0.15) is 45.1 Å². The average Bonchev–Trinajstić information content (AvgIpc) is 2.46. The van der Waals surface area contributed by atoms with Crippen molar-refractivity contribution in [2.24, 2.45) is 17.8 Å². The van der Waals surface area contributed by atoms with Gasteiger partial charge in [0.05, 0.1) is 7.11 Å². The maximum Gasteiger partial charge on any atom is 0.136 e. The Balaban J connectivity index is 1.89. The van der Waals surface area contributed by atoms with Crippen molar-refractivity contribution in [2.75, 3.05) is 7.11 Å². The minimum atomic E-state index is 0.276. The molecule has 2 unspecified atom stereocenters. The van der Waals surface area contributed by atoms with Gasteiger partial charge in [0.25, 0.3) is 0 Å². The predicted octanol–water partition coefficient (Wildman–Crippen LogP) is 4.27. The summed E-state index contributed by atoms with van der Waals surface area (Å²) in [5.41, 5.74) is 1.30. The highest BCUT2D eigenvalue weighted by Crippen LogP contribution is 2.33. The number of hydrogen-bond acceptors (Lipinski definition) is 2. The van der Waals surface area contributed by atoms with Crippen LogP contribution in [0.25, 0.3) is 0 Å². The summed E-state index contributed by atoms with van der Waals surface area (Å²) in [5.74, 6) is 3.08. The van der Waals surface area contributed by atoms with E-state index in [0.29, 0.717) is 11.7 Å². The van der Waals surface area contributed by atoms with Gasteiger partial charge in [-0.15, -0.1) is 0 Å². The maximum absolute atomic E-state index is 12.1. The molecular formula is C18H26O2. The number of aryl methyl sites for hydroxylation is 1. The maximum atomic E-state index is 12.1. The molecule has 1 aliphatic rings. The van der Waals surface area contributed by atoms with Crippen LogP contribution in [0, 0.1) is 17.8 Å². The summed E-state index contributed by atoms with van der Waals surface area (Å²) in [6.45, 7) is 4.56. The first kappa shape index (κ1) is 15.1. The summed E-state index contributed by atoms with van der Waals surface area (Å²) in [5, 5.41) is 0. The number of carbonyl (C=O) groups excluding carboxylic acids is 1. The van der Waals surface area contributed by atoms with Crippen LogP contribution in [0.15, 0.2) is 24.3 Å². The average molecular weight is 274 g/mol. The summed E-state index contributed by atoms with van der Waals surface area (Å²) in [6, 6.07) is 8.20. The molecule has 1 saturated carbocycles. The molecule has 0 radical (unpaired) electrons. The molecule has 1 aromatic rings. The first-order valence-electron chi connectivity index (χ1n) is 7.75. The van der Waals surface area contributed by atoms with Crippen molar-refractivity contribution in [3.8, 4) is 5.75 Å². The third kappa shape index (κ3) is 3.84. The van der Waals surface area contributed by atoms with E-state index in [4.69, 9.17) is 4.74 Å². The lowest BCUT2D eigenvalue weighted by molar-refractivity contribution is -0.126. The van der Waals surface area contributed by atoms with E-state index in [0.717, 1.165) is 43.8 Å². The summed E-state index contributed by atoms with van der Waals surface area (Å²) in [4.78, 5) is 12.1. The Morgan fingerprint density at radius 2 is 1.95 bits per heavy atom. The molecular weight excluding hydrogens is 248 g/mol. The van der Waals surface area contributed by atoms with Crippen LogP contribution in [0.4, 0.5) is 0 Å². The molecule has 1 aromatic carbocycles. The lowest BCUT2D eigenvalue weighted by Gasteiger charge is -2.30. The van der Waals surface area contributed by atoms with Gasteiger partial charge in [-0.2, -0.15) is 0 Å². The minimum Gasteiger partial charge on any atom is -0.497 e. The molecule has 2 heteroatoms. The second kappa shape index (κ2) is 6.92. The summed E-state index contributed by atoms with van der Waals surface area (Å²) < 4.78 is 5.17. The van der Waals surface area contributed by atoms with E-state index in [1.165, 1.54) is 5.56 Å². The van der Waals surface area contributed by atoms with E-state index in [1.807, 2.05) is 12.1 Å². The molecule has 0 heterocycles. The fourth-order valence-electron chi connectivity index (χ4n) is 3.16. The van der Waals surface area contributed by atoms with E-state index < -0.39 is 0 Å². The van der Waals surface area contributed by atoms with E-state index >= 15 is 0 Å². The molecule has 110 valence electrons. The number of benzene rings is 1. The monoisotopic (exact) mass is 274 g/mol. The smallest absolute Gasteiger partial charge is 0.136 e. The van der Waals surface area contributed by atoms with Gasteiger partial charge in [0.2, 0.25) is 0 Å². The van der Waals surface area contributed by atoms with Gasteiger partial charge >= 0.3 is 0 Å². The first-order valence-corrected chi connectivity index (χ1v) is 7.75. The Labute approximate surface area is 122 Å². The quantitative estimate of drug-likeness (QED) is 0.801. The third-order valence-corrected chi connectivity index (χ3v) is 4.69. The summed E-state index contributed by atoms with van der Waals surface area (Å²) in [7, 11) is 1.68. The van der Waals surface area contributed by atoms with E-state index in [1.54, 1.807) is 7.11 Å². The molecule has 20 heavy (non-hydrogen) atoms. The highest BCUT2D eigenvalue weighted by atomic mass is 16.5. The molecule has 2 atom stereocenters. The zero-order chi connectivity index (χ0) is 14.5. The normalized spacial score (nSPS) is 23.1. The van der Waals surface area contributed by atoms with Gasteiger partial charge in [-0.3, -0.25) is 4.79 Å². The predicted molar refractivity (Wildman–Crippen MR) is 82.0 cm³/mol. The van der Waals surface area contributed by atoms with Crippen LogP contribution < -0.4 is 4.74 Å². The molecule has 0 aromatic heterocycles. The van der Waals surface area contributed by atoms with Crippen molar-refractivity contribution in [3.63, 3.8) is 0 Å². The van der Waals surface area contributed by atoms with Crippen LogP contribution in [0.2, 0.25) is 0 Å². The van der Waals surface area contributed by atoms with Crippen LogP contribution in [0.3, 0.4) is 0 Å². The van der Waals surface area contributed by atoms with Gasteiger partial charge in [-0.1, -0.05) is 26.0 Å². The Hall–Kier alpha value is -1.31. The molecule has 2 nitrogen and oxygen atoms in total. The lowest BCUT2D eigenvalue weighted by atomic mass is 9.74. The summed E-state index contributed by atoms with van der Waals surface area (Å²) in [6.07, 6.45) is 4.96. The number of Topliss-reactive ketones (excluding diaryl/α,β-unsaturated/α-hetero) is 1. The van der Waals surface area contributed by atoms with Crippen LogP contribution >= 0.6 is 0 Å². The molecule has 0 amide bonds. The molecule has 0 spiro atoms. The van der Waals surface area contributed by atoms with Gasteiger partial charge in [0.15, 0.2) is 0 Å². The number of methoxy groups -OCH3 is 1. The molecule has 2 rings (SSSR count).